The van der Waals surface area contributed by atoms with E-state index in [0.717, 1.165) is 22.4 Å². The molecule has 0 spiro atoms. The average Bonchev–Trinajstić information content (AvgIpc) is 2.83. The predicted octanol–water partition coefficient (Wildman–Crippen LogP) is 6.49. The molecule has 0 aliphatic heterocycles. The van der Waals surface area contributed by atoms with Crippen molar-refractivity contribution in [3.8, 4) is 28.5 Å². The fraction of sp³-hybridized carbons (Fsp3) is 0.0400. The molecule has 0 amide bonds. The number of hydrogen-bond acceptors (Lipinski definition) is 5. The third-order valence-corrected chi connectivity index (χ3v) is 5.82. The maximum atomic E-state index is 11.0. The number of rotatable bonds is 6. The second-order valence-electron chi connectivity index (χ2n) is 6.79. The van der Waals surface area contributed by atoms with Crippen molar-refractivity contribution in [2.75, 3.05) is 0 Å². The number of non-ortho nitro benzene ring substituents is 1. The van der Waals surface area contributed by atoms with Crippen molar-refractivity contribution in [2.45, 2.75) is 10.8 Å². The highest BCUT2D eigenvalue weighted by Gasteiger charge is 2.17. The Morgan fingerprint density at radius 1 is 0.903 bits per heavy atom. The molecule has 150 valence electrons. The maximum absolute atomic E-state index is 11.0. The van der Waals surface area contributed by atoms with Crippen LogP contribution in [-0.4, -0.2) is 9.91 Å². The van der Waals surface area contributed by atoms with Crippen molar-refractivity contribution in [1.82, 2.24) is 4.98 Å². The minimum atomic E-state index is -0.432. The predicted molar refractivity (Wildman–Crippen MR) is 122 cm³/mol. The molecule has 3 aromatic carbocycles. The van der Waals surface area contributed by atoms with Crippen LogP contribution >= 0.6 is 11.8 Å². The Labute approximate surface area is 184 Å². The lowest BCUT2D eigenvalue weighted by atomic mass is 9.99. The van der Waals surface area contributed by atoms with Crippen molar-refractivity contribution < 1.29 is 4.92 Å². The summed E-state index contributed by atoms with van der Waals surface area (Å²) in [6.07, 6.45) is 0. The van der Waals surface area contributed by atoms with Gasteiger partial charge in [0.05, 0.1) is 16.2 Å². The van der Waals surface area contributed by atoms with Crippen LogP contribution in [-0.2, 0) is 5.75 Å². The van der Waals surface area contributed by atoms with Crippen LogP contribution in [0.1, 0.15) is 11.1 Å². The molecule has 5 nitrogen and oxygen atoms in total. The number of thioether (sulfide) groups is 1. The van der Waals surface area contributed by atoms with E-state index >= 15 is 0 Å². The maximum Gasteiger partial charge on any atom is 0.269 e. The van der Waals surface area contributed by atoms with Gasteiger partial charge in [0.15, 0.2) is 0 Å². The molecular weight excluding hydrogens is 406 g/mol. The van der Waals surface area contributed by atoms with Gasteiger partial charge in [0.25, 0.3) is 5.69 Å². The third-order valence-electron chi connectivity index (χ3n) is 4.78. The Hall–Kier alpha value is -3.95. The molecule has 0 bridgehead atoms. The number of hydrogen-bond donors (Lipinski definition) is 0. The molecule has 6 heteroatoms. The largest absolute Gasteiger partial charge is 0.269 e. The molecule has 31 heavy (non-hydrogen) atoms. The molecule has 0 aliphatic rings. The van der Waals surface area contributed by atoms with E-state index in [2.05, 4.69) is 6.07 Å². The summed E-state index contributed by atoms with van der Waals surface area (Å²) in [5.41, 5.74) is 4.76. The van der Waals surface area contributed by atoms with Gasteiger partial charge in [0.2, 0.25) is 0 Å². The molecule has 4 aromatic rings. The fourth-order valence-electron chi connectivity index (χ4n) is 3.21. The molecule has 1 heterocycles. The van der Waals surface area contributed by atoms with E-state index < -0.39 is 4.92 Å². The van der Waals surface area contributed by atoms with Gasteiger partial charge < -0.3 is 0 Å². The minimum Gasteiger partial charge on any atom is -0.258 e. The first-order chi connectivity index (χ1) is 15.2. The second kappa shape index (κ2) is 9.24. The van der Waals surface area contributed by atoms with Crippen LogP contribution in [0.5, 0.6) is 0 Å². The highest BCUT2D eigenvalue weighted by Crippen LogP contribution is 2.35. The number of nitriles is 1. The SMILES string of the molecule is N#Cc1c(-c2ccc([N+](=O)[O-])cc2)cc(-c2ccccc2)nc1SCc1ccccc1. The molecule has 1 aromatic heterocycles. The van der Waals surface area contributed by atoms with E-state index in [1.807, 2.05) is 66.7 Å². The van der Waals surface area contributed by atoms with Crippen LogP contribution in [0.4, 0.5) is 5.69 Å². The van der Waals surface area contributed by atoms with Crippen molar-refractivity contribution in [3.63, 3.8) is 0 Å². The van der Waals surface area contributed by atoms with Crippen molar-refractivity contribution in [3.05, 3.63) is 112 Å². The summed E-state index contributed by atoms with van der Waals surface area (Å²) in [5.74, 6) is 0.681. The van der Waals surface area contributed by atoms with Gasteiger partial charge in [0, 0.05) is 29.0 Å². The zero-order valence-electron chi connectivity index (χ0n) is 16.4. The molecular formula is C25H17N3O2S. The highest BCUT2D eigenvalue weighted by molar-refractivity contribution is 7.98. The van der Waals surface area contributed by atoms with Gasteiger partial charge >= 0.3 is 0 Å². The number of nitrogens with zero attached hydrogens (tertiary/aromatic N) is 3. The third kappa shape index (κ3) is 4.63. The summed E-state index contributed by atoms with van der Waals surface area (Å²) in [5, 5.41) is 21.6. The lowest BCUT2D eigenvalue weighted by Crippen LogP contribution is -1.96. The van der Waals surface area contributed by atoms with E-state index in [1.165, 1.54) is 23.9 Å². The summed E-state index contributed by atoms with van der Waals surface area (Å²) >= 11 is 1.51. The Balaban J connectivity index is 1.82. The van der Waals surface area contributed by atoms with Gasteiger partial charge in [-0.1, -0.05) is 60.7 Å². The normalized spacial score (nSPS) is 10.4. The Morgan fingerprint density at radius 2 is 1.55 bits per heavy atom. The van der Waals surface area contributed by atoms with Crippen molar-refractivity contribution in [1.29, 1.82) is 5.26 Å². The molecule has 0 radical (unpaired) electrons. The van der Waals surface area contributed by atoms with Crippen LogP contribution in [0, 0.1) is 21.4 Å². The zero-order valence-corrected chi connectivity index (χ0v) is 17.3. The molecule has 0 N–H and O–H groups in total. The van der Waals surface area contributed by atoms with Gasteiger partial charge in [0.1, 0.15) is 11.1 Å². The molecule has 0 unspecified atom stereocenters. The van der Waals surface area contributed by atoms with E-state index in [4.69, 9.17) is 4.98 Å². The quantitative estimate of drug-likeness (QED) is 0.201. The smallest absolute Gasteiger partial charge is 0.258 e. The minimum absolute atomic E-state index is 0.0123. The first-order valence-electron chi connectivity index (χ1n) is 9.58. The first kappa shape index (κ1) is 20.3. The molecule has 0 fully saturated rings. The summed E-state index contributed by atoms with van der Waals surface area (Å²) in [6, 6.07) is 30.2. The van der Waals surface area contributed by atoms with E-state index in [-0.39, 0.29) is 5.69 Å². The standard InChI is InChI=1S/C25H17N3O2S/c26-16-23-22(19-11-13-21(14-12-19)28(29)30)15-24(20-9-5-2-6-10-20)27-25(23)31-17-18-7-3-1-4-8-18/h1-15H,17H2. The molecule has 0 atom stereocenters. The Bertz CT molecular complexity index is 1250. The topological polar surface area (TPSA) is 79.8 Å². The van der Waals surface area contributed by atoms with E-state index in [1.54, 1.807) is 12.1 Å². The van der Waals surface area contributed by atoms with Crippen LogP contribution in [0.25, 0.3) is 22.4 Å². The average molecular weight is 423 g/mol. The first-order valence-corrected chi connectivity index (χ1v) is 10.6. The number of pyridine rings is 1. The Kier molecular flexibility index (Phi) is 6.06. The van der Waals surface area contributed by atoms with Crippen molar-refractivity contribution in [2.24, 2.45) is 0 Å². The molecule has 0 saturated heterocycles. The van der Waals surface area contributed by atoms with Gasteiger partial charge in [-0.15, -0.1) is 11.8 Å². The van der Waals surface area contributed by atoms with Gasteiger partial charge in [-0.2, -0.15) is 5.26 Å². The number of nitro benzene ring substituents is 1. The van der Waals surface area contributed by atoms with Gasteiger partial charge in [-0.3, -0.25) is 10.1 Å². The number of benzene rings is 3. The van der Waals surface area contributed by atoms with Gasteiger partial charge in [-0.05, 0) is 29.3 Å². The molecule has 0 aliphatic carbocycles. The summed E-state index contributed by atoms with van der Waals surface area (Å²) in [6.45, 7) is 0. The number of aromatic nitrogens is 1. The monoisotopic (exact) mass is 423 g/mol. The summed E-state index contributed by atoms with van der Waals surface area (Å²) < 4.78 is 0. The van der Waals surface area contributed by atoms with E-state index in [0.29, 0.717) is 21.9 Å². The van der Waals surface area contributed by atoms with Crippen LogP contribution in [0.2, 0.25) is 0 Å². The van der Waals surface area contributed by atoms with Crippen LogP contribution in [0.3, 0.4) is 0 Å². The Morgan fingerprint density at radius 3 is 2.16 bits per heavy atom. The molecule has 0 saturated carbocycles. The number of nitro groups is 1. The van der Waals surface area contributed by atoms with E-state index in [9.17, 15) is 15.4 Å². The van der Waals surface area contributed by atoms with Gasteiger partial charge in [-0.25, -0.2) is 4.98 Å². The summed E-state index contributed by atoms with van der Waals surface area (Å²) in [4.78, 5) is 15.4. The molecule has 4 rings (SSSR count). The van der Waals surface area contributed by atoms with Crippen molar-refractivity contribution >= 4 is 17.4 Å². The highest BCUT2D eigenvalue weighted by atomic mass is 32.2. The fourth-order valence-corrected chi connectivity index (χ4v) is 4.17. The lowest BCUT2D eigenvalue weighted by molar-refractivity contribution is -0.384. The van der Waals surface area contributed by atoms with Crippen LogP contribution in [0.15, 0.2) is 96.0 Å². The van der Waals surface area contributed by atoms with Crippen LogP contribution < -0.4 is 0 Å². The summed E-state index contributed by atoms with van der Waals surface area (Å²) in [7, 11) is 0. The lowest BCUT2D eigenvalue weighted by Gasteiger charge is -2.12. The second-order valence-corrected chi connectivity index (χ2v) is 7.76. The zero-order chi connectivity index (χ0) is 21.6.